The molecule has 0 aliphatic carbocycles. The number of amides is 3. The second kappa shape index (κ2) is 6.09. The third kappa shape index (κ3) is 2.45. The smallest absolute Gasteiger partial charge is 0.320 e. The van der Waals surface area contributed by atoms with Gasteiger partial charge in [0.25, 0.3) is 0 Å². The van der Waals surface area contributed by atoms with E-state index >= 15 is 0 Å². The maximum atomic E-state index is 12.6. The van der Waals surface area contributed by atoms with E-state index < -0.39 is 0 Å². The van der Waals surface area contributed by atoms with Crippen LogP contribution in [0.5, 0.6) is 0 Å². The average molecular weight is 329 g/mol. The lowest BCUT2D eigenvalue weighted by molar-refractivity contribution is -0.151. The van der Waals surface area contributed by atoms with Crippen molar-refractivity contribution in [3.63, 3.8) is 0 Å². The molecule has 3 aliphatic rings. The van der Waals surface area contributed by atoms with Gasteiger partial charge in [-0.15, -0.1) is 0 Å². The van der Waals surface area contributed by atoms with Crippen molar-refractivity contribution in [3.8, 4) is 0 Å². The summed E-state index contributed by atoms with van der Waals surface area (Å²) in [6.07, 6.45) is 1.46. The molecule has 0 radical (unpaired) electrons. The largest absolute Gasteiger partial charge is 0.378 e. The molecule has 1 aromatic carbocycles. The number of carbonyl (C=O) groups excluding carboxylic acids is 2. The number of nitrogens with zero attached hydrogens (tertiary/aromatic N) is 2. The molecule has 24 heavy (non-hydrogen) atoms. The van der Waals surface area contributed by atoms with Gasteiger partial charge in [-0.25, -0.2) is 4.79 Å². The Morgan fingerprint density at radius 3 is 2.29 bits per heavy atom. The molecule has 3 saturated heterocycles. The molecule has 0 saturated carbocycles. The molecule has 6 nitrogen and oxygen atoms in total. The predicted molar refractivity (Wildman–Crippen MR) is 88.4 cm³/mol. The number of piperidine rings is 1. The number of hydrogen-bond donors (Lipinski definition) is 1. The molecule has 1 atom stereocenters. The van der Waals surface area contributed by atoms with Gasteiger partial charge in [-0.2, -0.15) is 0 Å². The van der Waals surface area contributed by atoms with Gasteiger partial charge in [0.1, 0.15) is 0 Å². The highest BCUT2D eigenvalue weighted by molar-refractivity contribution is 5.91. The van der Waals surface area contributed by atoms with Crippen molar-refractivity contribution in [3.05, 3.63) is 35.9 Å². The first kappa shape index (κ1) is 15.4. The number of likely N-dealkylation sites (tertiary alicyclic amines) is 1. The van der Waals surface area contributed by atoms with E-state index in [-0.39, 0.29) is 23.4 Å². The van der Waals surface area contributed by atoms with Crippen molar-refractivity contribution in [1.29, 1.82) is 0 Å². The molecular weight excluding hydrogens is 306 g/mol. The van der Waals surface area contributed by atoms with E-state index in [0.29, 0.717) is 39.4 Å². The number of benzene rings is 1. The number of ether oxygens (including phenoxy) is 1. The van der Waals surface area contributed by atoms with Crippen molar-refractivity contribution >= 4 is 11.9 Å². The van der Waals surface area contributed by atoms with Gasteiger partial charge in [0.05, 0.1) is 24.7 Å². The van der Waals surface area contributed by atoms with E-state index in [9.17, 15) is 9.59 Å². The van der Waals surface area contributed by atoms with Gasteiger partial charge in [0.15, 0.2) is 0 Å². The molecule has 0 bridgehead atoms. The summed E-state index contributed by atoms with van der Waals surface area (Å²) in [5.74, 6) is 0.134. The minimum Gasteiger partial charge on any atom is -0.378 e. The van der Waals surface area contributed by atoms with Crippen molar-refractivity contribution in [2.75, 3.05) is 39.4 Å². The van der Waals surface area contributed by atoms with E-state index in [1.54, 1.807) is 0 Å². The van der Waals surface area contributed by atoms with E-state index in [1.807, 2.05) is 28.0 Å². The number of carbonyl (C=O) groups is 2. The molecule has 3 fully saturated rings. The summed E-state index contributed by atoms with van der Waals surface area (Å²) in [7, 11) is 0. The Hall–Kier alpha value is -2.08. The van der Waals surface area contributed by atoms with Crippen LogP contribution in [-0.4, -0.2) is 61.1 Å². The van der Waals surface area contributed by atoms with Gasteiger partial charge in [-0.05, 0) is 18.4 Å². The fourth-order valence-corrected chi connectivity index (χ4v) is 4.08. The van der Waals surface area contributed by atoms with E-state index in [0.717, 1.165) is 18.4 Å². The first-order chi connectivity index (χ1) is 11.7. The van der Waals surface area contributed by atoms with Gasteiger partial charge in [-0.3, -0.25) is 4.79 Å². The molecule has 6 heteroatoms. The molecule has 3 heterocycles. The summed E-state index contributed by atoms with van der Waals surface area (Å²) in [5, 5.41) is 3.06. The van der Waals surface area contributed by atoms with Crippen molar-refractivity contribution in [2.24, 2.45) is 5.41 Å². The molecule has 128 valence electrons. The lowest BCUT2D eigenvalue weighted by Crippen LogP contribution is -2.65. The standard InChI is InChI=1S/C18H23N3O3/c22-16-18(15(19-16)14-4-2-1-3-5-14)6-8-20(9-7-18)17(23)21-10-12-24-13-11-21/h1-5,15H,6-13H2,(H,19,22)/t15-/m1/s1. The molecule has 1 aromatic rings. The first-order valence-corrected chi connectivity index (χ1v) is 8.68. The van der Waals surface area contributed by atoms with E-state index in [2.05, 4.69) is 17.4 Å². The Morgan fingerprint density at radius 2 is 1.67 bits per heavy atom. The van der Waals surface area contributed by atoms with Crippen LogP contribution in [0.25, 0.3) is 0 Å². The first-order valence-electron chi connectivity index (χ1n) is 8.68. The zero-order valence-electron chi connectivity index (χ0n) is 13.7. The monoisotopic (exact) mass is 329 g/mol. The van der Waals surface area contributed by atoms with Crippen LogP contribution in [-0.2, 0) is 9.53 Å². The molecule has 0 aromatic heterocycles. The maximum absolute atomic E-state index is 12.6. The predicted octanol–water partition coefficient (Wildman–Crippen LogP) is 1.39. The summed E-state index contributed by atoms with van der Waals surface area (Å²) in [4.78, 5) is 28.7. The number of nitrogens with one attached hydrogen (secondary N) is 1. The normalized spacial score (nSPS) is 26.0. The molecule has 4 rings (SSSR count). The number of β-lactam (4-membered cyclic amide) rings is 1. The summed E-state index contributed by atoms with van der Waals surface area (Å²) in [6.45, 7) is 3.84. The Labute approximate surface area is 141 Å². The summed E-state index contributed by atoms with van der Waals surface area (Å²) < 4.78 is 5.31. The van der Waals surface area contributed by atoms with Crippen molar-refractivity contribution < 1.29 is 14.3 Å². The lowest BCUT2D eigenvalue weighted by Gasteiger charge is -2.53. The average Bonchev–Trinajstić information content (AvgIpc) is 2.67. The topological polar surface area (TPSA) is 61.9 Å². The quantitative estimate of drug-likeness (QED) is 0.792. The third-order valence-corrected chi connectivity index (χ3v) is 5.62. The molecule has 1 spiro atoms. The molecule has 1 N–H and O–H groups in total. The van der Waals surface area contributed by atoms with Crippen LogP contribution in [0.1, 0.15) is 24.4 Å². The Morgan fingerprint density at radius 1 is 1.04 bits per heavy atom. The van der Waals surface area contributed by atoms with Gasteiger partial charge >= 0.3 is 6.03 Å². The molecular formula is C18H23N3O3. The maximum Gasteiger partial charge on any atom is 0.320 e. The van der Waals surface area contributed by atoms with Crippen LogP contribution < -0.4 is 5.32 Å². The zero-order valence-corrected chi connectivity index (χ0v) is 13.7. The summed E-state index contributed by atoms with van der Waals surface area (Å²) in [5.41, 5.74) is 0.813. The van der Waals surface area contributed by atoms with E-state index in [4.69, 9.17) is 4.74 Å². The second-order valence-corrected chi connectivity index (χ2v) is 6.84. The van der Waals surface area contributed by atoms with Gasteiger partial charge in [-0.1, -0.05) is 30.3 Å². The molecule has 0 unspecified atom stereocenters. The Kier molecular flexibility index (Phi) is 3.92. The number of urea groups is 1. The lowest BCUT2D eigenvalue weighted by atomic mass is 9.64. The van der Waals surface area contributed by atoms with Gasteiger partial charge < -0.3 is 19.9 Å². The van der Waals surface area contributed by atoms with Crippen LogP contribution in [0.4, 0.5) is 4.79 Å². The number of hydrogen-bond acceptors (Lipinski definition) is 3. The van der Waals surface area contributed by atoms with Crippen LogP contribution >= 0.6 is 0 Å². The summed E-state index contributed by atoms with van der Waals surface area (Å²) >= 11 is 0. The molecule has 3 aliphatic heterocycles. The zero-order chi connectivity index (χ0) is 16.6. The highest BCUT2D eigenvalue weighted by atomic mass is 16.5. The van der Waals surface area contributed by atoms with Gasteiger partial charge in [0, 0.05) is 26.2 Å². The number of morpholine rings is 1. The van der Waals surface area contributed by atoms with Crippen molar-refractivity contribution in [2.45, 2.75) is 18.9 Å². The minimum absolute atomic E-state index is 0.0758. The SMILES string of the molecule is O=C(N1CCOCC1)N1CCC2(CC1)C(=O)N[C@@H]2c1ccccc1. The van der Waals surface area contributed by atoms with Crippen LogP contribution in [0.2, 0.25) is 0 Å². The summed E-state index contributed by atoms with van der Waals surface area (Å²) in [6, 6.07) is 10.3. The molecule has 3 amide bonds. The fourth-order valence-electron chi connectivity index (χ4n) is 4.08. The van der Waals surface area contributed by atoms with Gasteiger partial charge in [0.2, 0.25) is 5.91 Å². The van der Waals surface area contributed by atoms with Crippen LogP contribution in [0.15, 0.2) is 30.3 Å². The van der Waals surface area contributed by atoms with Crippen LogP contribution in [0, 0.1) is 5.41 Å². The third-order valence-electron chi connectivity index (χ3n) is 5.62. The Balaban J connectivity index is 1.43. The van der Waals surface area contributed by atoms with Crippen molar-refractivity contribution in [1.82, 2.24) is 15.1 Å². The minimum atomic E-state index is -0.344. The van der Waals surface area contributed by atoms with E-state index in [1.165, 1.54) is 0 Å². The fraction of sp³-hybridized carbons (Fsp3) is 0.556. The van der Waals surface area contributed by atoms with Crippen LogP contribution in [0.3, 0.4) is 0 Å². The highest BCUT2D eigenvalue weighted by Crippen LogP contribution is 2.49. The number of rotatable bonds is 1. The Bertz CT molecular complexity index is 620. The second-order valence-electron chi connectivity index (χ2n) is 6.84. The highest BCUT2D eigenvalue weighted by Gasteiger charge is 2.56.